The lowest BCUT2D eigenvalue weighted by atomic mass is 9.95. The number of nitrogens with one attached hydrogen (secondary N) is 2. The summed E-state index contributed by atoms with van der Waals surface area (Å²) in [5.41, 5.74) is 0.220. The van der Waals surface area contributed by atoms with Crippen LogP contribution in [0.3, 0.4) is 0 Å². The first-order valence-electron chi connectivity index (χ1n) is 11.5. The van der Waals surface area contributed by atoms with Crippen LogP contribution in [0.1, 0.15) is 39.0 Å². The van der Waals surface area contributed by atoms with E-state index in [1.54, 1.807) is 0 Å². The molecule has 0 spiro atoms. The average Bonchev–Trinajstić information content (AvgIpc) is 2.82. The molecule has 2 atom stereocenters. The number of hydrogen-bond donors (Lipinski definition) is 2. The minimum absolute atomic E-state index is 0.000520. The number of halogens is 2. The highest BCUT2D eigenvalue weighted by molar-refractivity contribution is 7.86. The molecule has 1 aliphatic rings. The van der Waals surface area contributed by atoms with E-state index >= 15 is 0 Å². The Balaban J connectivity index is 1.68. The Morgan fingerprint density at radius 1 is 1.00 bits per heavy atom. The third kappa shape index (κ3) is 7.68. The van der Waals surface area contributed by atoms with Crippen molar-refractivity contribution in [2.75, 3.05) is 21.7 Å². The van der Waals surface area contributed by atoms with E-state index in [0.717, 1.165) is 37.0 Å². The summed E-state index contributed by atoms with van der Waals surface area (Å²) in [5, 5.41) is 5.42. The summed E-state index contributed by atoms with van der Waals surface area (Å²) in [6.07, 6.45) is 4.82. The van der Waals surface area contributed by atoms with Crippen molar-refractivity contribution in [3.8, 4) is 0 Å². The second kappa shape index (κ2) is 12.5. The van der Waals surface area contributed by atoms with Crippen LogP contribution in [-0.4, -0.2) is 45.5 Å². The number of carbonyl (C=O) groups is 3. The van der Waals surface area contributed by atoms with Crippen molar-refractivity contribution in [1.29, 1.82) is 0 Å². The standard InChI is InChI=1S/C25H29F2N3O4S/c1-17(25(33)29-19-7-3-2-4-8-19)30(22-10-6-5-9-21(22)27)24(32)16-35(34)15-23(31)28-20-13-11-18(26)12-14-20/h5-6,9-14,17,19H,2-4,7-8,15-16H2,1H3,(H,28,31)(H,29,33)/t17-,35-/m0/s1. The molecule has 0 aromatic heterocycles. The highest BCUT2D eigenvalue weighted by atomic mass is 32.2. The molecule has 3 amide bonds. The molecule has 0 aliphatic heterocycles. The second-order valence-corrected chi connectivity index (χ2v) is 9.98. The highest BCUT2D eigenvalue weighted by Crippen LogP contribution is 2.23. The van der Waals surface area contributed by atoms with Crippen molar-refractivity contribution in [1.82, 2.24) is 5.32 Å². The zero-order chi connectivity index (χ0) is 25.4. The van der Waals surface area contributed by atoms with E-state index in [1.807, 2.05) is 0 Å². The number of carbonyl (C=O) groups excluding carboxylic acids is 3. The Kier molecular flexibility index (Phi) is 9.47. The van der Waals surface area contributed by atoms with E-state index in [0.29, 0.717) is 5.69 Å². The summed E-state index contributed by atoms with van der Waals surface area (Å²) in [4.78, 5) is 39.3. The normalized spacial score (nSPS) is 15.6. The van der Waals surface area contributed by atoms with E-state index in [-0.39, 0.29) is 11.7 Å². The summed E-state index contributed by atoms with van der Waals surface area (Å²) in [6, 6.07) is 9.55. The SMILES string of the molecule is C[C@@H](C(=O)NC1CCCCC1)N(C(=O)C[S@@](=O)CC(=O)Nc1ccc(F)cc1)c1ccccc1F. The maximum Gasteiger partial charge on any atom is 0.243 e. The average molecular weight is 506 g/mol. The molecule has 7 nitrogen and oxygen atoms in total. The van der Waals surface area contributed by atoms with Gasteiger partial charge in [0.1, 0.15) is 29.2 Å². The Labute approximate surface area is 205 Å². The number of nitrogens with zero attached hydrogens (tertiary/aromatic N) is 1. The second-order valence-electron chi connectivity index (χ2n) is 8.52. The maximum absolute atomic E-state index is 14.6. The lowest BCUT2D eigenvalue weighted by Crippen LogP contribution is -2.52. The number of amides is 3. The number of hydrogen-bond acceptors (Lipinski definition) is 4. The van der Waals surface area contributed by atoms with Crippen LogP contribution in [-0.2, 0) is 25.2 Å². The Bertz CT molecular complexity index is 1070. The van der Waals surface area contributed by atoms with Gasteiger partial charge in [0.15, 0.2) is 0 Å². The van der Waals surface area contributed by atoms with E-state index in [9.17, 15) is 27.4 Å². The van der Waals surface area contributed by atoms with Crippen molar-refractivity contribution >= 4 is 39.9 Å². The summed E-state index contributed by atoms with van der Waals surface area (Å²) >= 11 is 0. The fourth-order valence-electron chi connectivity index (χ4n) is 4.03. The molecule has 0 bridgehead atoms. The minimum Gasteiger partial charge on any atom is -0.352 e. The van der Waals surface area contributed by atoms with Crippen molar-refractivity contribution in [3.63, 3.8) is 0 Å². The van der Waals surface area contributed by atoms with Crippen LogP contribution in [0.15, 0.2) is 48.5 Å². The molecule has 2 N–H and O–H groups in total. The van der Waals surface area contributed by atoms with E-state index < -0.39 is 57.7 Å². The first kappa shape index (κ1) is 26.5. The van der Waals surface area contributed by atoms with Crippen LogP contribution in [0.25, 0.3) is 0 Å². The van der Waals surface area contributed by atoms with Crippen LogP contribution in [0.4, 0.5) is 20.2 Å². The fraction of sp³-hybridized carbons (Fsp3) is 0.400. The summed E-state index contributed by atoms with van der Waals surface area (Å²) < 4.78 is 40.2. The van der Waals surface area contributed by atoms with Gasteiger partial charge < -0.3 is 10.6 Å². The van der Waals surface area contributed by atoms with E-state index in [4.69, 9.17) is 0 Å². The molecular weight excluding hydrogens is 476 g/mol. The lowest BCUT2D eigenvalue weighted by molar-refractivity contribution is -0.126. The molecule has 0 unspecified atom stereocenters. The predicted molar refractivity (Wildman–Crippen MR) is 131 cm³/mol. The zero-order valence-electron chi connectivity index (χ0n) is 19.5. The molecular formula is C25H29F2N3O4S. The molecule has 0 heterocycles. The van der Waals surface area contributed by atoms with Gasteiger partial charge in [-0.1, -0.05) is 31.4 Å². The van der Waals surface area contributed by atoms with Gasteiger partial charge in [-0.05, 0) is 56.2 Å². The summed E-state index contributed by atoms with van der Waals surface area (Å²) in [7, 11) is -1.93. The Morgan fingerprint density at radius 2 is 1.66 bits per heavy atom. The minimum atomic E-state index is -1.93. The summed E-state index contributed by atoms with van der Waals surface area (Å²) in [5.74, 6) is -4.01. The van der Waals surface area contributed by atoms with Gasteiger partial charge in [0.2, 0.25) is 17.7 Å². The first-order valence-corrected chi connectivity index (χ1v) is 13.0. The summed E-state index contributed by atoms with van der Waals surface area (Å²) in [6.45, 7) is 1.49. The van der Waals surface area contributed by atoms with Crippen LogP contribution < -0.4 is 15.5 Å². The molecule has 35 heavy (non-hydrogen) atoms. The number of rotatable bonds is 9. The van der Waals surface area contributed by atoms with Gasteiger partial charge in [-0.25, -0.2) is 8.78 Å². The Morgan fingerprint density at radius 3 is 2.31 bits per heavy atom. The van der Waals surface area contributed by atoms with Crippen LogP contribution in [0, 0.1) is 11.6 Å². The predicted octanol–water partition coefficient (Wildman–Crippen LogP) is 3.52. The Hall–Kier alpha value is -3.14. The largest absolute Gasteiger partial charge is 0.352 e. The molecule has 1 saturated carbocycles. The third-order valence-corrected chi connectivity index (χ3v) is 6.96. The molecule has 2 aromatic carbocycles. The molecule has 3 rings (SSSR count). The quantitative estimate of drug-likeness (QED) is 0.545. The topological polar surface area (TPSA) is 95.6 Å². The number of anilines is 2. The molecule has 1 fully saturated rings. The van der Waals surface area contributed by atoms with Crippen LogP contribution in [0.2, 0.25) is 0 Å². The molecule has 10 heteroatoms. The lowest BCUT2D eigenvalue weighted by Gasteiger charge is -2.31. The molecule has 0 radical (unpaired) electrons. The van der Waals surface area contributed by atoms with Gasteiger partial charge in [0, 0.05) is 22.5 Å². The fourth-order valence-corrected chi connectivity index (χ4v) is 4.91. The maximum atomic E-state index is 14.6. The van der Waals surface area contributed by atoms with Crippen molar-refractivity contribution in [3.05, 3.63) is 60.2 Å². The van der Waals surface area contributed by atoms with Crippen LogP contribution >= 0.6 is 0 Å². The zero-order valence-corrected chi connectivity index (χ0v) is 20.3. The van der Waals surface area contributed by atoms with E-state index in [1.165, 1.54) is 55.5 Å². The van der Waals surface area contributed by atoms with Gasteiger partial charge >= 0.3 is 0 Å². The van der Waals surface area contributed by atoms with Gasteiger partial charge in [0.25, 0.3) is 0 Å². The van der Waals surface area contributed by atoms with Gasteiger partial charge in [-0.15, -0.1) is 0 Å². The number of benzene rings is 2. The monoisotopic (exact) mass is 505 g/mol. The third-order valence-electron chi connectivity index (χ3n) is 5.80. The van der Waals surface area contributed by atoms with Crippen LogP contribution in [0.5, 0.6) is 0 Å². The molecule has 0 saturated heterocycles. The molecule has 1 aliphatic carbocycles. The molecule has 2 aromatic rings. The van der Waals surface area contributed by atoms with Crippen molar-refractivity contribution in [2.24, 2.45) is 0 Å². The van der Waals surface area contributed by atoms with Crippen molar-refractivity contribution in [2.45, 2.75) is 51.1 Å². The highest BCUT2D eigenvalue weighted by Gasteiger charge is 2.31. The van der Waals surface area contributed by atoms with E-state index in [2.05, 4.69) is 10.6 Å². The smallest absolute Gasteiger partial charge is 0.243 e. The number of para-hydroxylation sites is 1. The first-order chi connectivity index (χ1) is 16.7. The van der Waals surface area contributed by atoms with Gasteiger partial charge in [-0.3, -0.25) is 23.5 Å². The van der Waals surface area contributed by atoms with Gasteiger partial charge in [0.05, 0.1) is 5.69 Å². The molecule has 188 valence electrons. The van der Waals surface area contributed by atoms with Crippen molar-refractivity contribution < 1.29 is 27.4 Å². The van der Waals surface area contributed by atoms with Gasteiger partial charge in [-0.2, -0.15) is 0 Å².